The maximum atomic E-state index is 6.40. The first kappa shape index (κ1) is 55.8. The maximum absolute atomic E-state index is 6.40. The predicted molar refractivity (Wildman–Crippen MR) is 389 cm³/mol. The van der Waals surface area contributed by atoms with Crippen LogP contribution >= 0.6 is 0 Å². The molecule has 5 heterocycles. The van der Waals surface area contributed by atoms with E-state index in [1.807, 2.05) is 58.7 Å². The van der Waals surface area contributed by atoms with Gasteiger partial charge in [-0.2, -0.15) is 0 Å². The molecule has 0 radical (unpaired) electrons. The molecule has 450 valence electrons. The summed E-state index contributed by atoms with van der Waals surface area (Å²) in [5.41, 5.74) is 22.8. The molecule has 0 fully saturated rings. The average Bonchev–Trinajstić information content (AvgIpc) is 1.52. The summed E-state index contributed by atoms with van der Waals surface area (Å²) in [6.07, 6.45) is 23.0. The summed E-state index contributed by atoms with van der Waals surface area (Å²) in [6, 6.07) is 83.7. The van der Waals surface area contributed by atoms with Crippen molar-refractivity contribution >= 4 is 136 Å². The Hall–Kier alpha value is -9.76. The molecule has 0 spiro atoms. The fraction of sp³-hybridized carbons (Fsp3) is 0.0930. The van der Waals surface area contributed by atoms with Crippen molar-refractivity contribution in [2.45, 2.75) is 48.4 Å². The summed E-state index contributed by atoms with van der Waals surface area (Å²) in [6.45, 7) is 0. The predicted octanol–water partition coefficient (Wildman–Crippen LogP) is 22.0. The quantitative estimate of drug-likeness (QED) is 0.120. The van der Waals surface area contributed by atoms with Crippen molar-refractivity contribution in [3.63, 3.8) is 0 Å². The number of furan rings is 4. The molecule has 14 aromatic rings. The van der Waals surface area contributed by atoms with Crippen LogP contribution in [0, 0.1) is 0 Å². The summed E-state index contributed by atoms with van der Waals surface area (Å²) in [4.78, 5) is 4.95. The van der Waals surface area contributed by atoms with Gasteiger partial charge in [-0.15, -0.1) is 0 Å². The normalized spacial score (nSPS) is 16.5. The van der Waals surface area contributed by atoms with Crippen LogP contribution in [0.3, 0.4) is 0 Å². The number of hydrogen-bond donors (Lipinski definition) is 0. The van der Waals surface area contributed by atoms with Gasteiger partial charge < -0.3 is 0 Å². The first-order valence-electron chi connectivity index (χ1n) is 32.6. The van der Waals surface area contributed by atoms with Gasteiger partial charge in [-0.05, 0) is 18.6 Å². The third-order valence-electron chi connectivity index (χ3n) is 19.7. The zero-order valence-corrected chi connectivity index (χ0v) is 56.1. The fourth-order valence-electron chi connectivity index (χ4n) is 14.9. The Bertz CT molecular complexity index is 5540. The monoisotopic (exact) mass is 1440 g/mol. The van der Waals surface area contributed by atoms with E-state index in [-0.39, 0.29) is 0 Å². The van der Waals surface area contributed by atoms with E-state index in [4.69, 9.17) is 17.7 Å². The van der Waals surface area contributed by atoms with Gasteiger partial charge in [0.15, 0.2) is 0 Å². The van der Waals surface area contributed by atoms with Gasteiger partial charge in [-0.25, -0.2) is 0 Å². The van der Waals surface area contributed by atoms with Crippen LogP contribution in [0.25, 0.3) is 112 Å². The van der Waals surface area contributed by atoms with Crippen molar-refractivity contribution in [1.29, 1.82) is 0 Å². The molecule has 0 saturated carbocycles. The molecule has 2 unspecified atom stereocenters. The Labute approximate surface area is 567 Å². The van der Waals surface area contributed by atoms with Gasteiger partial charge in [0.1, 0.15) is 11.2 Å². The number of hydrogen-bond acceptors (Lipinski definition) is 6. The Morgan fingerprint density at radius 1 is 0.415 bits per heavy atom. The first-order valence-corrected chi connectivity index (χ1v) is 36.4. The number of rotatable bonds is 11. The van der Waals surface area contributed by atoms with E-state index >= 15 is 0 Å². The van der Waals surface area contributed by atoms with Crippen LogP contribution in [0.5, 0.6) is 0 Å². The second-order valence-electron chi connectivity index (χ2n) is 25.5. The van der Waals surface area contributed by atoms with E-state index in [0.717, 1.165) is 145 Å². The van der Waals surface area contributed by atoms with Crippen LogP contribution in [0.2, 0.25) is 3.97 Å². The summed E-state index contributed by atoms with van der Waals surface area (Å²) in [7, 11) is 0. The fourth-order valence-corrected chi connectivity index (χ4v) is 20.1. The second-order valence-corrected chi connectivity index (χ2v) is 30.3. The first-order chi connectivity index (χ1) is 46.4. The van der Waals surface area contributed by atoms with Gasteiger partial charge in [0.05, 0.1) is 0 Å². The van der Waals surface area contributed by atoms with E-state index in [2.05, 4.69) is 246 Å². The zero-order chi connectivity index (χ0) is 62.0. The molecule has 4 aliphatic carbocycles. The standard InChI is InChI=1S/C86H60N2O4Te2/c93-84-50-71(87(67-29-23-52(24-30-67)80-45-60-9-1-5-13-76(60)89-80)69-33-27-54-39-64(21-18-56(54)42-69)82-47-62-11-3-7-15-78(62)91-82)35-37-73(84)59-20-17-58-44-75-74-38-36-72(51-86(74)94-85(75)49-66(58)41-59)88(68-31-25-53(26-32-68)81-46-61-10-2-6-14-77(61)90-81)70-34-28-55-40-65(22-19-57(55)43-70)83-48-63-12-4-8-16-79(63)92-83/h1,3-9,11-16,18-19,21-34,36,38-51,74,86,93H,2,10,17,20,35,37H2. The number of fused-ring (bicyclic) bond motifs is 10. The van der Waals surface area contributed by atoms with Gasteiger partial charge in [-0.1, -0.05) is 54.6 Å². The van der Waals surface area contributed by atoms with E-state index in [0.29, 0.717) is 9.88 Å². The van der Waals surface area contributed by atoms with Gasteiger partial charge in [-0.3, -0.25) is 0 Å². The molecule has 6 nitrogen and oxygen atoms in total. The number of anilines is 4. The average molecular weight is 1440 g/mol. The molecular weight excluding hydrogens is 1380 g/mol. The van der Waals surface area contributed by atoms with Gasteiger partial charge >= 0.3 is 477 Å². The van der Waals surface area contributed by atoms with Crippen LogP contribution < -0.4 is 13.4 Å². The third-order valence-corrected chi connectivity index (χ3v) is 24.6. The molecule has 1 aliphatic heterocycles. The van der Waals surface area contributed by atoms with Crippen LogP contribution in [0.4, 0.5) is 22.7 Å². The van der Waals surface area contributed by atoms with E-state index in [1.165, 1.54) is 64.4 Å². The van der Waals surface area contributed by atoms with Crippen molar-refractivity contribution in [2.75, 3.05) is 9.80 Å². The molecule has 0 bridgehead atoms. The van der Waals surface area contributed by atoms with Crippen LogP contribution in [-0.2, 0) is 12.8 Å². The SMILES string of the molecule is [TeH]C1=C(C2=Cc3cc4c(cc3CC2)C2C=CC(N(c3ccc(-c5cc6c(o5)C=CCC6)cc3)c3ccc5cc(-c6cc7ccccc7o6)ccc5c3)=CC2[Te]4)CCC(N(c2ccc(-c3cc4ccccc4o3)cc2)c2ccc3cc(-c4cc5ccccc5o4)ccc3c2)=C1. The molecule has 2 atom stereocenters. The van der Waals surface area contributed by atoms with E-state index in [9.17, 15) is 0 Å². The number of allylic oxidation sites excluding steroid dienone is 9. The van der Waals surface area contributed by atoms with Gasteiger partial charge in [0.25, 0.3) is 0 Å². The van der Waals surface area contributed by atoms with Gasteiger partial charge in [0.2, 0.25) is 0 Å². The number of benzene rings is 10. The van der Waals surface area contributed by atoms with Crippen LogP contribution in [0.15, 0.2) is 305 Å². The Morgan fingerprint density at radius 3 is 1.56 bits per heavy atom. The molecule has 94 heavy (non-hydrogen) atoms. The minimum atomic E-state index is -0.583. The summed E-state index contributed by atoms with van der Waals surface area (Å²) in [5, 5.41) is 8.05. The Morgan fingerprint density at radius 2 is 0.957 bits per heavy atom. The molecule has 0 amide bonds. The Kier molecular flexibility index (Phi) is 13.5. The van der Waals surface area contributed by atoms with Crippen molar-refractivity contribution < 1.29 is 17.7 Å². The van der Waals surface area contributed by atoms with E-state index < -0.39 is 20.9 Å². The molecule has 19 rings (SSSR count). The van der Waals surface area contributed by atoms with Crippen molar-refractivity contribution in [3.05, 3.63) is 315 Å². The molecular formula is C86H60N2O4Te2. The van der Waals surface area contributed by atoms with Crippen molar-refractivity contribution in [1.82, 2.24) is 0 Å². The number of nitrogens with zero attached hydrogens (tertiary/aromatic N) is 2. The van der Waals surface area contributed by atoms with E-state index in [1.54, 1.807) is 9.17 Å². The molecule has 8 heteroatoms. The Balaban J connectivity index is 0.625. The summed E-state index contributed by atoms with van der Waals surface area (Å²) in [5.74, 6) is 4.93. The van der Waals surface area contributed by atoms with Crippen LogP contribution in [-0.4, -0.2) is 43.2 Å². The van der Waals surface area contributed by atoms with Crippen LogP contribution in [0.1, 0.15) is 59.6 Å². The second kappa shape index (κ2) is 22.8. The molecule has 0 N–H and O–H groups in total. The topological polar surface area (TPSA) is 59.0 Å². The summed E-state index contributed by atoms with van der Waals surface area (Å²) >= 11 is 1.25. The van der Waals surface area contributed by atoms with Crippen molar-refractivity contribution in [2.24, 2.45) is 0 Å². The minimum absolute atomic E-state index is 0.384. The molecule has 5 aliphatic rings. The van der Waals surface area contributed by atoms with Crippen molar-refractivity contribution in [3.8, 4) is 45.3 Å². The number of para-hydroxylation sites is 3. The third kappa shape index (κ3) is 9.98. The molecule has 10 aromatic carbocycles. The van der Waals surface area contributed by atoms with Gasteiger partial charge in [0, 0.05) is 10.8 Å². The molecule has 4 aromatic heterocycles. The summed E-state index contributed by atoms with van der Waals surface area (Å²) < 4.78 is 28.8. The zero-order valence-electron chi connectivity index (χ0n) is 51.3. The number of aryl methyl sites for hydroxylation is 2. The molecule has 0 saturated heterocycles.